The zero-order valence-electron chi connectivity index (χ0n) is 13.1. The minimum absolute atomic E-state index is 0.180. The van der Waals surface area contributed by atoms with Crippen LogP contribution in [0.15, 0.2) is 42.5 Å². The second-order valence-corrected chi connectivity index (χ2v) is 5.92. The van der Waals surface area contributed by atoms with E-state index < -0.39 is 23.9 Å². The van der Waals surface area contributed by atoms with Crippen molar-refractivity contribution in [3.8, 4) is 0 Å². The van der Waals surface area contributed by atoms with E-state index in [1.54, 1.807) is 0 Å². The lowest BCUT2D eigenvalue weighted by molar-refractivity contribution is -0.123. The normalized spacial score (nSPS) is 11.5. The summed E-state index contributed by atoms with van der Waals surface area (Å²) in [5, 5.41) is 3.09. The standard InChI is InChI=1S/C17H14Cl2N2O4/c1-9(25-17(24)11-4-7-13(18)14(19)8-11)16(23)21-12-5-2-10(3-6-12)15(20)22/h2-9H,1H3,(H2,20,22)(H,21,23)/t9-/m0/s1. The topological polar surface area (TPSA) is 98.5 Å². The lowest BCUT2D eigenvalue weighted by atomic mass is 10.2. The number of ether oxygens (including phenoxy) is 1. The van der Waals surface area contributed by atoms with Gasteiger partial charge in [0.05, 0.1) is 15.6 Å². The molecule has 25 heavy (non-hydrogen) atoms. The van der Waals surface area contributed by atoms with Crippen molar-refractivity contribution >= 4 is 46.7 Å². The first-order chi connectivity index (χ1) is 11.8. The van der Waals surface area contributed by atoms with Gasteiger partial charge in [-0.2, -0.15) is 0 Å². The van der Waals surface area contributed by atoms with Gasteiger partial charge < -0.3 is 15.8 Å². The number of carbonyl (C=O) groups is 3. The van der Waals surface area contributed by atoms with Crippen molar-refractivity contribution in [2.75, 3.05) is 5.32 Å². The largest absolute Gasteiger partial charge is 0.449 e. The summed E-state index contributed by atoms with van der Waals surface area (Å²) in [5.74, 6) is -1.80. The van der Waals surface area contributed by atoms with E-state index in [0.717, 1.165) is 0 Å². The van der Waals surface area contributed by atoms with Crippen LogP contribution in [0.3, 0.4) is 0 Å². The van der Waals surface area contributed by atoms with Gasteiger partial charge in [-0.05, 0) is 49.4 Å². The Hall–Kier alpha value is -2.57. The maximum atomic E-state index is 12.1. The van der Waals surface area contributed by atoms with Crippen molar-refractivity contribution in [3.63, 3.8) is 0 Å². The van der Waals surface area contributed by atoms with Crippen molar-refractivity contribution < 1.29 is 19.1 Å². The third kappa shape index (κ3) is 4.95. The van der Waals surface area contributed by atoms with Crippen LogP contribution in [0.2, 0.25) is 10.0 Å². The Bertz CT molecular complexity index is 822. The van der Waals surface area contributed by atoms with E-state index in [-0.39, 0.29) is 10.6 Å². The van der Waals surface area contributed by atoms with Gasteiger partial charge >= 0.3 is 5.97 Å². The van der Waals surface area contributed by atoms with Crippen LogP contribution in [0.5, 0.6) is 0 Å². The number of nitrogens with one attached hydrogen (secondary N) is 1. The maximum absolute atomic E-state index is 12.1. The molecule has 0 saturated carbocycles. The highest BCUT2D eigenvalue weighted by atomic mass is 35.5. The molecule has 0 aromatic heterocycles. The Balaban J connectivity index is 1.98. The number of anilines is 1. The summed E-state index contributed by atoms with van der Waals surface area (Å²) in [5.41, 5.74) is 6.08. The van der Waals surface area contributed by atoms with E-state index >= 15 is 0 Å². The molecule has 6 nitrogen and oxygen atoms in total. The molecule has 0 fully saturated rings. The van der Waals surface area contributed by atoms with Gasteiger partial charge in [0.2, 0.25) is 5.91 Å². The molecule has 0 aliphatic rings. The van der Waals surface area contributed by atoms with Crippen LogP contribution in [0.1, 0.15) is 27.6 Å². The van der Waals surface area contributed by atoms with Gasteiger partial charge in [0.25, 0.3) is 5.91 Å². The van der Waals surface area contributed by atoms with Crippen molar-refractivity contribution in [2.24, 2.45) is 5.73 Å². The molecule has 2 rings (SSSR count). The molecule has 0 heterocycles. The number of benzene rings is 2. The van der Waals surface area contributed by atoms with E-state index in [4.69, 9.17) is 33.7 Å². The molecule has 2 aromatic carbocycles. The molecule has 0 saturated heterocycles. The molecule has 2 aromatic rings. The monoisotopic (exact) mass is 380 g/mol. The number of amides is 2. The molecule has 0 radical (unpaired) electrons. The van der Waals surface area contributed by atoms with Gasteiger partial charge in [-0.1, -0.05) is 23.2 Å². The van der Waals surface area contributed by atoms with Crippen LogP contribution in [0.25, 0.3) is 0 Å². The van der Waals surface area contributed by atoms with Gasteiger partial charge in [0.15, 0.2) is 6.10 Å². The van der Waals surface area contributed by atoms with E-state index in [1.807, 2.05) is 0 Å². The van der Waals surface area contributed by atoms with Gasteiger partial charge in [-0.25, -0.2) is 4.79 Å². The molecule has 0 spiro atoms. The number of carbonyl (C=O) groups excluding carboxylic acids is 3. The van der Waals surface area contributed by atoms with E-state index in [9.17, 15) is 14.4 Å². The van der Waals surface area contributed by atoms with Gasteiger partial charge in [0.1, 0.15) is 0 Å². The maximum Gasteiger partial charge on any atom is 0.338 e. The molecule has 3 N–H and O–H groups in total. The summed E-state index contributed by atoms with van der Waals surface area (Å²) in [4.78, 5) is 35.1. The average Bonchev–Trinajstić information content (AvgIpc) is 2.57. The van der Waals surface area contributed by atoms with Crippen LogP contribution in [0.4, 0.5) is 5.69 Å². The van der Waals surface area contributed by atoms with Gasteiger partial charge in [0, 0.05) is 11.3 Å². The molecule has 0 aliphatic carbocycles. The molecular weight excluding hydrogens is 367 g/mol. The third-order valence-electron chi connectivity index (χ3n) is 3.25. The minimum Gasteiger partial charge on any atom is -0.449 e. The first-order valence-electron chi connectivity index (χ1n) is 7.14. The lowest BCUT2D eigenvalue weighted by Crippen LogP contribution is -2.30. The minimum atomic E-state index is -1.04. The average molecular weight is 381 g/mol. The van der Waals surface area contributed by atoms with Crippen LogP contribution < -0.4 is 11.1 Å². The molecular formula is C17H14Cl2N2O4. The summed E-state index contributed by atoms with van der Waals surface area (Å²) in [7, 11) is 0. The van der Waals surface area contributed by atoms with Gasteiger partial charge in [-0.3, -0.25) is 9.59 Å². The van der Waals surface area contributed by atoms with Crippen LogP contribution >= 0.6 is 23.2 Å². The third-order valence-corrected chi connectivity index (χ3v) is 3.98. The highest BCUT2D eigenvalue weighted by Gasteiger charge is 2.19. The van der Waals surface area contributed by atoms with E-state index in [0.29, 0.717) is 16.3 Å². The van der Waals surface area contributed by atoms with Crippen molar-refractivity contribution in [1.29, 1.82) is 0 Å². The van der Waals surface area contributed by atoms with Crippen LogP contribution in [-0.4, -0.2) is 23.9 Å². The Labute approximate surface area is 153 Å². The summed E-state index contributed by atoms with van der Waals surface area (Å²) >= 11 is 11.6. The molecule has 0 aliphatic heterocycles. The van der Waals surface area contributed by atoms with E-state index in [2.05, 4.69) is 5.32 Å². The lowest BCUT2D eigenvalue weighted by Gasteiger charge is -2.14. The number of esters is 1. The smallest absolute Gasteiger partial charge is 0.338 e. The number of nitrogens with two attached hydrogens (primary N) is 1. The predicted octanol–water partition coefficient (Wildman–Crippen LogP) is 3.28. The van der Waals surface area contributed by atoms with Crippen LogP contribution in [0, 0.1) is 0 Å². The first-order valence-corrected chi connectivity index (χ1v) is 7.90. The predicted molar refractivity (Wildman–Crippen MR) is 94.9 cm³/mol. The Morgan fingerprint density at radius 2 is 1.60 bits per heavy atom. The Kier molecular flexibility index (Phi) is 6.01. The summed E-state index contributed by atoms with van der Waals surface area (Å²) in [6, 6.07) is 10.3. The summed E-state index contributed by atoms with van der Waals surface area (Å²) < 4.78 is 5.10. The quantitative estimate of drug-likeness (QED) is 0.777. The molecule has 130 valence electrons. The zero-order valence-corrected chi connectivity index (χ0v) is 14.6. The number of rotatable bonds is 5. The first kappa shape index (κ1) is 18.8. The second-order valence-electron chi connectivity index (χ2n) is 5.11. The second kappa shape index (κ2) is 8.00. The molecule has 2 amide bonds. The van der Waals surface area contributed by atoms with Gasteiger partial charge in [-0.15, -0.1) is 0 Å². The fourth-order valence-corrected chi connectivity index (χ4v) is 2.17. The summed E-state index contributed by atoms with van der Waals surface area (Å²) in [6.07, 6.45) is -1.04. The molecule has 8 heteroatoms. The fraction of sp³-hybridized carbons (Fsp3) is 0.118. The molecule has 0 unspecified atom stereocenters. The highest BCUT2D eigenvalue weighted by molar-refractivity contribution is 6.42. The fourth-order valence-electron chi connectivity index (χ4n) is 1.87. The van der Waals surface area contributed by atoms with Crippen molar-refractivity contribution in [2.45, 2.75) is 13.0 Å². The zero-order chi connectivity index (χ0) is 18.6. The number of hydrogen-bond donors (Lipinski definition) is 2. The highest BCUT2D eigenvalue weighted by Crippen LogP contribution is 2.23. The van der Waals surface area contributed by atoms with Crippen LogP contribution in [-0.2, 0) is 9.53 Å². The molecule has 0 bridgehead atoms. The number of hydrogen-bond acceptors (Lipinski definition) is 4. The summed E-state index contributed by atoms with van der Waals surface area (Å²) in [6.45, 7) is 1.43. The van der Waals surface area contributed by atoms with E-state index in [1.165, 1.54) is 49.4 Å². The van der Waals surface area contributed by atoms with Crippen molar-refractivity contribution in [3.05, 3.63) is 63.6 Å². The van der Waals surface area contributed by atoms with Crippen molar-refractivity contribution in [1.82, 2.24) is 0 Å². The number of halogens is 2. The Morgan fingerprint density at radius 3 is 2.16 bits per heavy atom. The number of primary amides is 1. The molecule has 1 atom stereocenters. The Morgan fingerprint density at radius 1 is 1.00 bits per heavy atom. The SMILES string of the molecule is C[C@H](OC(=O)c1ccc(Cl)c(Cl)c1)C(=O)Nc1ccc(C(N)=O)cc1.